The number of pyridine rings is 1. The monoisotopic (exact) mass is 246 g/mol. The molecule has 1 heterocycles. The number of nitrogens with zero attached hydrogens (tertiary/aromatic N) is 1. The molecule has 0 aliphatic rings. The van der Waals surface area contributed by atoms with Crippen LogP contribution in [-0.2, 0) is 0 Å². The average Bonchev–Trinajstić information content (AvgIpc) is 2.30. The topological polar surface area (TPSA) is 76.2 Å². The van der Waals surface area contributed by atoms with Gasteiger partial charge in [0.25, 0.3) is 0 Å². The molecule has 0 spiro atoms. The van der Waals surface area contributed by atoms with Crippen LogP contribution in [0.15, 0.2) is 52.5 Å². The molecule has 0 aliphatic carbocycles. The van der Waals surface area contributed by atoms with E-state index in [-0.39, 0.29) is 5.56 Å². The van der Waals surface area contributed by atoms with Crippen LogP contribution in [0.4, 0.5) is 5.69 Å². The molecule has 0 saturated carbocycles. The molecule has 4 nitrogen and oxygen atoms in total. The summed E-state index contributed by atoms with van der Waals surface area (Å²) in [4.78, 5) is 15.8. The summed E-state index contributed by atoms with van der Waals surface area (Å²) >= 11 is 1.28. The fraction of sp³-hybridized carbons (Fsp3) is 0. The van der Waals surface area contributed by atoms with Gasteiger partial charge in [0, 0.05) is 16.8 Å². The summed E-state index contributed by atoms with van der Waals surface area (Å²) in [7, 11) is 0. The molecule has 5 heteroatoms. The Morgan fingerprint density at radius 1 is 1.29 bits per heavy atom. The van der Waals surface area contributed by atoms with E-state index < -0.39 is 5.97 Å². The third-order valence-electron chi connectivity index (χ3n) is 2.09. The van der Waals surface area contributed by atoms with Gasteiger partial charge in [-0.25, -0.2) is 9.78 Å². The van der Waals surface area contributed by atoms with E-state index in [0.717, 1.165) is 5.03 Å². The maximum Gasteiger partial charge on any atom is 0.336 e. The first kappa shape index (κ1) is 11.5. The minimum atomic E-state index is -0.969. The van der Waals surface area contributed by atoms with E-state index in [0.29, 0.717) is 10.6 Å². The lowest BCUT2D eigenvalue weighted by molar-refractivity contribution is 0.0693. The normalized spacial score (nSPS) is 10.1. The highest BCUT2D eigenvalue weighted by Gasteiger charge is 2.11. The van der Waals surface area contributed by atoms with Crippen LogP contribution < -0.4 is 5.73 Å². The molecule has 2 aromatic rings. The van der Waals surface area contributed by atoms with Crippen LogP contribution in [0.1, 0.15) is 10.4 Å². The predicted molar refractivity (Wildman–Crippen MR) is 66.2 cm³/mol. The first-order chi connectivity index (χ1) is 8.16. The molecule has 0 aliphatic heterocycles. The maximum absolute atomic E-state index is 11.0. The largest absolute Gasteiger partial charge is 0.478 e. The van der Waals surface area contributed by atoms with Crippen LogP contribution in [0.2, 0.25) is 0 Å². The van der Waals surface area contributed by atoms with E-state index in [4.69, 9.17) is 10.8 Å². The number of aromatic nitrogens is 1. The lowest BCUT2D eigenvalue weighted by Crippen LogP contribution is -2.00. The van der Waals surface area contributed by atoms with Crippen LogP contribution in [0, 0.1) is 0 Å². The van der Waals surface area contributed by atoms with Crippen LogP contribution in [0.25, 0.3) is 0 Å². The molecule has 0 saturated heterocycles. The summed E-state index contributed by atoms with van der Waals surface area (Å²) < 4.78 is 0. The van der Waals surface area contributed by atoms with Crippen molar-refractivity contribution in [2.45, 2.75) is 9.92 Å². The quantitative estimate of drug-likeness (QED) is 0.814. The SMILES string of the molecule is Nc1ccc(C(=O)O)c(Sc2ccccn2)c1. The molecular weight excluding hydrogens is 236 g/mol. The van der Waals surface area contributed by atoms with Gasteiger partial charge in [0.2, 0.25) is 0 Å². The minimum absolute atomic E-state index is 0.231. The van der Waals surface area contributed by atoms with E-state index in [1.165, 1.54) is 17.8 Å². The van der Waals surface area contributed by atoms with Crippen molar-refractivity contribution in [2.75, 3.05) is 5.73 Å². The Hall–Kier alpha value is -2.01. The van der Waals surface area contributed by atoms with Crippen molar-refractivity contribution in [3.05, 3.63) is 48.2 Å². The first-order valence-corrected chi connectivity index (χ1v) is 5.70. The van der Waals surface area contributed by atoms with Crippen molar-refractivity contribution in [1.29, 1.82) is 0 Å². The molecule has 1 aromatic heterocycles. The van der Waals surface area contributed by atoms with Gasteiger partial charge in [-0.15, -0.1) is 0 Å². The fourth-order valence-electron chi connectivity index (χ4n) is 1.32. The number of nitrogens with two attached hydrogens (primary N) is 1. The number of aromatic carboxylic acids is 1. The molecule has 17 heavy (non-hydrogen) atoms. The number of carboxylic acid groups (broad SMARTS) is 1. The summed E-state index contributed by atoms with van der Waals surface area (Å²) in [6.45, 7) is 0. The first-order valence-electron chi connectivity index (χ1n) is 4.88. The highest BCUT2D eigenvalue weighted by atomic mass is 32.2. The van der Waals surface area contributed by atoms with Gasteiger partial charge in [0.15, 0.2) is 0 Å². The molecular formula is C12H10N2O2S. The second-order valence-electron chi connectivity index (χ2n) is 3.33. The molecule has 0 amide bonds. The van der Waals surface area contributed by atoms with Gasteiger partial charge in [0.1, 0.15) is 5.03 Å². The van der Waals surface area contributed by atoms with Crippen LogP contribution in [0.3, 0.4) is 0 Å². The number of carboxylic acids is 1. The minimum Gasteiger partial charge on any atom is -0.478 e. The predicted octanol–water partition coefficient (Wildman–Crippen LogP) is 2.51. The third kappa shape index (κ3) is 2.76. The Bertz CT molecular complexity index is 543. The van der Waals surface area contributed by atoms with Crippen molar-refractivity contribution in [3.8, 4) is 0 Å². The maximum atomic E-state index is 11.0. The summed E-state index contributed by atoms with van der Waals surface area (Å²) in [5, 5.41) is 9.80. The lowest BCUT2D eigenvalue weighted by Gasteiger charge is -2.06. The fourth-order valence-corrected chi connectivity index (χ4v) is 2.27. The average molecular weight is 246 g/mol. The van der Waals surface area contributed by atoms with Gasteiger partial charge in [0.05, 0.1) is 5.56 Å². The number of benzene rings is 1. The van der Waals surface area contributed by atoms with Crippen LogP contribution >= 0.6 is 11.8 Å². The molecule has 0 fully saturated rings. The second kappa shape index (κ2) is 4.88. The Morgan fingerprint density at radius 3 is 2.76 bits per heavy atom. The Morgan fingerprint density at radius 2 is 2.12 bits per heavy atom. The van der Waals surface area contributed by atoms with E-state index >= 15 is 0 Å². The molecule has 0 atom stereocenters. The molecule has 1 aromatic carbocycles. The third-order valence-corrected chi connectivity index (χ3v) is 3.10. The molecule has 3 N–H and O–H groups in total. The Balaban J connectivity index is 2.37. The summed E-state index contributed by atoms with van der Waals surface area (Å²) in [6, 6.07) is 10.2. The van der Waals surface area contributed by atoms with Crippen molar-refractivity contribution in [2.24, 2.45) is 0 Å². The van der Waals surface area contributed by atoms with Crippen molar-refractivity contribution in [3.63, 3.8) is 0 Å². The van der Waals surface area contributed by atoms with E-state index in [2.05, 4.69) is 4.98 Å². The van der Waals surface area contributed by atoms with Crippen molar-refractivity contribution < 1.29 is 9.90 Å². The van der Waals surface area contributed by atoms with Crippen molar-refractivity contribution in [1.82, 2.24) is 4.98 Å². The van der Waals surface area contributed by atoms with E-state index in [9.17, 15) is 4.79 Å². The van der Waals surface area contributed by atoms with Crippen molar-refractivity contribution >= 4 is 23.4 Å². The summed E-state index contributed by atoms with van der Waals surface area (Å²) in [6.07, 6.45) is 1.66. The van der Waals surface area contributed by atoms with Gasteiger partial charge >= 0.3 is 5.97 Å². The smallest absolute Gasteiger partial charge is 0.336 e. The van der Waals surface area contributed by atoms with E-state index in [1.807, 2.05) is 18.2 Å². The van der Waals surface area contributed by atoms with Crippen LogP contribution in [-0.4, -0.2) is 16.1 Å². The van der Waals surface area contributed by atoms with Gasteiger partial charge < -0.3 is 10.8 Å². The lowest BCUT2D eigenvalue weighted by atomic mass is 10.2. The van der Waals surface area contributed by atoms with Gasteiger partial charge in [-0.1, -0.05) is 17.8 Å². The number of rotatable bonds is 3. The molecule has 0 unspecified atom stereocenters. The Labute approximate surface area is 102 Å². The van der Waals surface area contributed by atoms with Gasteiger partial charge in [-0.05, 0) is 30.3 Å². The zero-order chi connectivity index (χ0) is 12.3. The number of nitrogen functional groups attached to an aromatic ring is 1. The Kier molecular flexibility index (Phi) is 3.30. The molecule has 86 valence electrons. The summed E-state index contributed by atoms with van der Waals surface area (Å²) in [5.74, 6) is -0.969. The number of anilines is 1. The number of hydrogen-bond donors (Lipinski definition) is 2. The molecule has 0 bridgehead atoms. The highest BCUT2D eigenvalue weighted by molar-refractivity contribution is 7.99. The van der Waals surface area contributed by atoms with Gasteiger partial charge in [-0.3, -0.25) is 0 Å². The second-order valence-corrected chi connectivity index (χ2v) is 4.39. The highest BCUT2D eigenvalue weighted by Crippen LogP contribution is 2.30. The summed E-state index contributed by atoms with van der Waals surface area (Å²) in [5.41, 5.74) is 6.42. The molecule has 0 radical (unpaired) electrons. The van der Waals surface area contributed by atoms with Gasteiger partial charge in [-0.2, -0.15) is 0 Å². The number of hydrogen-bond acceptors (Lipinski definition) is 4. The molecule has 2 rings (SSSR count). The van der Waals surface area contributed by atoms with Crippen LogP contribution in [0.5, 0.6) is 0 Å². The standard InChI is InChI=1S/C12H10N2O2S/c13-8-4-5-9(12(15)16)10(7-8)17-11-3-1-2-6-14-11/h1-7H,13H2,(H,15,16). The zero-order valence-electron chi connectivity index (χ0n) is 8.83. The van der Waals surface area contributed by atoms with E-state index in [1.54, 1.807) is 18.3 Å². The number of carbonyl (C=O) groups is 1. The zero-order valence-corrected chi connectivity index (χ0v) is 9.65.